The van der Waals surface area contributed by atoms with Gasteiger partial charge in [0.15, 0.2) is 0 Å². The maximum Gasteiger partial charge on any atom is 0 e. The van der Waals surface area contributed by atoms with Gasteiger partial charge in [0.25, 0.3) is 0 Å². The number of hydrogen-bond acceptors (Lipinski definition) is 0. The summed E-state index contributed by atoms with van der Waals surface area (Å²) in [4.78, 5) is 0. The first-order chi connectivity index (χ1) is 7.29. The zero-order valence-electron chi connectivity index (χ0n) is 9.72. The van der Waals surface area contributed by atoms with E-state index in [-0.39, 0.29) is 16.3 Å². The minimum atomic E-state index is -0.192. The molecular weight excluding hydrogens is 210 g/mol. The molecule has 0 aliphatic heterocycles. The number of hydrogen-bond donors (Lipinski definition) is 0. The zero-order chi connectivity index (χ0) is 10.7. The van der Waals surface area contributed by atoms with Crippen molar-refractivity contribution in [2.24, 2.45) is 0 Å². The molecule has 16 heavy (non-hydrogen) atoms. The quantitative estimate of drug-likeness (QED) is 0.544. The van der Waals surface area contributed by atoms with Gasteiger partial charge in [-0.15, -0.1) is 0 Å². The van der Waals surface area contributed by atoms with Gasteiger partial charge in [0.2, 0.25) is 0 Å². The first-order valence-electron chi connectivity index (χ1n) is 5.13. The molecule has 2 rings (SSSR count). The van der Waals surface area contributed by atoms with Crippen LogP contribution in [-0.2, 0) is 0 Å². The molecular formula is C14H15BP. The Bertz CT molecular complexity index is 439. The van der Waals surface area contributed by atoms with Gasteiger partial charge in [-0.2, -0.15) is 0 Å². The van der Waals surface area contributed by atoms with E-state index in [0.717, 1.165) is 0 Å². The van der Waals surface area contributed by atoms with Crippen LogP contribution >= 0.6 is 7.92 Å². The summed E-state index contributed by atoms with van der Waals surface area (Å²) in [6, 6.07) is 19.4. The normalized spacial score (nSPS) is 11.6. The van der Waals surface area contributed by atoms with Crippen molar-refractivity contribution in [3.05, 3.63) is 60.2 Å². The van der Waals surface area contributed by atoms with E-state index in [4.69, 9.17) is 0 Å². The smallest absolute Gasteiger partial charge is 0 e. The minimum Gasteiger partial charge on any atom is -0.0622 e. The maximum absolute atomic E-state index is 2.33. The van der Waals surface area contributed by atoms with Crippen molar-refractivity contribution in [3.8, 4) is 0 Å². The van der Waals surface area contributed by atoms with Gasteiger partial charge in [-0.1, -0.05) is 54.6 Å². The second-order valence-electron chi connectivity index (χ2n) is 3.68. The third-order valence-corrected chi connectivity index (χ3v) is 4.92. The molecule has 0 heterocycles. The fourth-order valence-corrected chi connectivity index (χ4v) is 3.54. The van der Waals surface area contributed by atoms with Crippen LogP contribution in [0.15, 0.2) is 54.6 Å². The molecule has 0 spiro atoms. The van der Waals surface area contributed by atoms with E-state index in [1.54, 1.807) is 0 Å². The van der Waals surface area contributed by atoms with Crippen LogP contribution < -0.4 is 10.6 Å². The molecule has 0 saturated carbocycles. The molecule has 0 aliphatic rings. The molecule has 0 amide bonds. The molecule has 0 saturated heterocycles. The Labute approximate surface area is 101 Å². The van der Waals surface area contributed by atoms with E-state index < -0.39 is 0 Å². The maximum atomic E-state index is 2.33. The van der Waals surface area contributed by atoms with Crippen molar-refractivity contribution >= 4 is 26.9 Å². The lowest BCUT2D eigenvalue weighted by Crippen LogP contribution is -2.12. The monoisotopic (exact) mass is 225 g/mol. The Morgan fingerprint density at radius 3 is 2.00 bits per heavy atom. The van der Waals surface area contributed by atoms with Gasteiger partial charge < -0.3 is 0 Å². The lowest BCUT2D eigenvalue weighted by Gasteiger charge is -2.15. The van der Waals surface area contributed by atoms with E-state index >= 15 is 0 Å². The Kier molecular flexibility index (Phi) is 4.77. The van der Waals surface area contributed by atoms with Crippen molar-refractivity contribution in [3.63, 3.8) is 0 Å². The SMILES string of the molecule is Cc1ccccc1[P@@](C)c1ccccc1.[B]. The minimum absolute atomic E-state index is 0. The van der Waals surface area contributed by atoms with E-state index in [0.29, 0.717) is 0 Å². The van der Waals surface area contributed by atoms with E-state index in [1.807, 2.05) is 0 Å². The first kappa shape index (κ1) is 13.0. The van der Waals surface area contributed by atoms with Crippen LogP contribution in [0.2, 0.25) is 0 Å². The fourth-order valence-electron chi connectivity index (χ4n) is 1.73. The number of rotatable bonds is 2. The van der Waals surface area contributed by atoms with Gasteiger partial charge in [0, 0.05) is 8.41 Å². The molecule has 0 bridgehead atoms. The predicted molar refractivity (Wildman–Crippen MR) is 75.5 cm³/mol. The Morgan fingerprint density at radius 2 is 1.38 bits per heavy atom. The van der Waals surface area contributed by atoms with Crippen molar-refractivity contribution in [2.45, 2.75) is 6.92 Å². The topological polar surface area (TPSA) is 0 Å². The van der Waals surface area contributed by atoms with Crippen LogP contribution in [0.25, 0.3) is 0 Å². The lowest BCUT2D eigenvalue weighted by molar-refractivity contribution is 1.52. The van der Waals surface area contributed by atoms with Gasteiger partial charge in [0.1, 0.15) is 0 Å². The summed E-state index contributed by atoms with van der Waals surface area (Å²) < 4.78 is 0. The summed E-state index contributed by atoms with van der Waals surface area (Å²) in [6.45, 7) is 4.52. The fraction of sp³-hybridized carbons (Fsp3) is 0.143. The van der Waals surface area contributed by atoms with Gasteiger partial charge in [-0.3, -0.25) is 0 Å². The van der Waals surface area contributed by atoms with Gasteiger partial charge in [-0.25, -0.2) is 0 Å². The summed E-state index contributed by atoms with van der Waals surface area (Å²) in [5.74, 6) is 0. The van der Waals surface area contributed by atoms with E-state index in [2.05, 4.69) is 68.2 Å². The predicted octanol–water partition coefficient (Wildman–Crippen LogP) is 2.68. The molecule has 79 valence electrons. The second kappa shape index (κ2) is 5.87. The largest absolute Gasteiger partial charge is 0.0622 e. The zero-order valence-corrected chi connectivity index (χ0v) is 10.6. The van der Waals surface area contributed by atoms with Crippen molar-refractivity contribution in [2.75, 3.05) is 6.66 Å². The molecule has 2 aromatic carbocycles. The summed E-state index contributed by atoms with van der Waals surface area (Å²) >= 11 is 0. The number of aryl methyl sites for hydroxylation is 1. The van der Waals surface area contributed by atoms with Crippen molar-refractivity contribution < 1.29 is 0 Å². The highest BCUT2D eigenvalue weighted by Gasteiger charge is 2.08. The van der Waals surface area contributed by atoms with Gasteiger partial charge >= 0.3 is 0 Å². The Morgan fingerprint density at radius 1 is 0.812 bits per heavy atom. The summed E-state index contributed by atoms with van der Waals surface area (Å²) in [6.07, 6.45) is 0. The first-order valence-corrected chi connectivity index (χ1v) is 6.92. The molecule has 0 aliphatic carbocycles. The van der Waals surface area contributed by atoms with Crippen LogP contribution in [0.1, 0.15) is 5.56 Å². The van der Waals surface area contributed by atoms with Gasteiger partial charge in [-0.05, 0) is 37.7 Å². The molecule has 0 nitrogen and oxygen atoms in total. The van der Waals surface area contributed by atoms with Crippen LogP contribution in [0.3, 0.4) is 0 Å². The van der Waals surface area contributed by atoms with Gasteiger partial charge in [0.05, 0.1) is 0 Å². The highest BCUT2D eigenvalue weighted by molar-refractivity contribution is 7.72. The molecule has 0 fully saturated rings. The Hall–Kier alpha value is -1.07. The summed E-state index contributed by atoms with van der Waals surface area (Å²) in [5.41, 5.74) is 1.40. The standard InChI is InChI=1S/C14H15P.B/c1-12-8-6-7-11-14(12)15(2)13-9-4-3-5-10-13;/h3-11H,1-2H3;/t15-;/m0./s1. The van der Waals surface area contributed by atoms with Crippen molar-refractivity contribution in [1.29, 1.82) is 0 Å². The van der Waals surface area contributed by atoms with Crippen LogP contribution in [0.5, 0.6) is 0 Å². The van der Waals surface area contributed by atoms with Crippen molar-refractivity contribution in [1.82, 2.24) is 0 Å². The highest BCUT2D eigenvalue weighted by atomic mass is 31.1. The molecule has 0 N–H and O–H groups in total. The molecule has 2 aromatic rings. The molecule has 2 heteroatoms. The van der Waals surface area contributed by atoms with E-state index in [9.17, 15) is 0 Å². The average molecular weight is 225 g/mol. The summed E-state index contributed by atoms with van der Waals surface area (Å²) in [5, 5.41) is 2.93. The van der Waals surface area contributed by atoms with Crippen LogP contribution in [-0.4, -0.2) is 15.1 Å². The average Bonchev–Trinajstić information content (AvgIpc) is 2.30. The highest BCUT2D eigenvalue weighted by Crippen LogP contribution is 2.29. The molecule has 0 aromatic heterocycles. The Balaban J connectivity index is 0.00000128. The molecule has 1 atom stereocenters. The second-order valence-corrected chi connectivity index (χ2v) is 5.80. The molecule has 0 unspecified atom stereocenters. The third kappa shape index (κ3) is 2.74. The summed E-state index contributed by atoms with van der Waals surface area (Å²) in [7, 11) is -0.192. The van der Waals surface area contributed by atoms with Crippen LogP contribution in [0, 0.1) is 6.92 Å². The van der Waals surface area contributed by atoms with E-state index in [1.165, 1.54) is 16.2 Å². The number of benzene rings is 2. The third-order valence-electron chi connectivity index (χ3n) is 2.62. The lowest BCUT2D eigenvalue weighted by atomic mass is 10.2. The van der Waals surface area contributed by atoms with Crippen LogP contribution in [0.4, 0.5) is 0 Å². The molecule has 3 radical (unpaired) electrons.